The average molecular weight is 422 g/mol. The molecular weight excluding hydrogens is 394 g/mol. The van der Waals surface area contributed by atoms with E-state index in [1.54, 1.807) is 0 Å². The van der Waals surface area contributed by atoms with Gasteiger partial charge in [0.15, 0.2) is 6.29 Å². The molecule has 6 nitrogen and oxygen atoms in total. The highest BCUT2D eigenvalue weighted by molar-refractivity contribution is 6.45. The van der Waals surface area contributed by atoms with Gasteiger partial charge in [-0.3, -0.25) is 0 Å². The van der Waals surface area contributed by atoms with Gasteiger partial charge in [0.25, 0.3) is 0 Å². The third kappa shape index (κ3) is 4.46. The van der Waals surface area contributed by atoms with Gasteiger partial charge in [0.1, 0.15) is 18.3 Å². The molecule has 0 saturated carbocycles. The molecule has 3 aliphatic heterocycles. The van der Waals surface area contributed by atoms with Gasteiger partial charge in [-0.15, -0.1) is 0 Å². The standard InChI is InChI=1S/C23H28B2O6/c1-3-24-27-15-19(29-24)20-21-22(31-25(4-2)30-21)23(28-20)26-14-16-10-12-18(13-11-16)17-8-6-5-7-9-17/h5-13,19-23H,3-4,14-15H2,1-2H3. The van der Waals surface area contributed by atoms with Gasteiger partial charge < -0.3 is 28.1 Å². The normalized spacial score (nSPS) is 30.2. The van der Waals surface area contributed by atoms with E-state index in [1.807, 2.05) is 32.0 Å². The molecule has 3 saturated heterocycles. The molecule has 3 heterocycles. The van der Waals surface area contributed by atoms with Crippen LogP contribution in [0.4, 0.5) is 0 Å². The Labute approximate surface area is 184 Å². The van der Waals surface area contributed by atoms with E-state index in [0.29, 0.717) is 13.2 Å². The predicted octanol–water partition coefficient (Wildman–Crippen LogP) is 3.81. The summed E-state index contributed by atoms with van der Waals surface area (Å²) >= 11 is 0. The fourth-order valence-corrected chi connectivity index (χ4v) is 4.42. The SMILES string of the molecule is CCB1OCC(C2OC(OCc3ccc(-c4ccccc4)cc3)C3OB(CC)OC23)O1. The van der Waals surface area contributed by atoms with Crippen molar-refractivity contribution in [1.29, 1.82) is 0 Å². The first-order chi connectivity index (χ1) is 15.2. The second-order valence-electron chi connectivity index (χ2n) is 8.23. The fourth-order valence-electron chi connectivity index (χ4n) is 4.42. The molecule has 0 bridgehead atoms. The number of rotatable bonds is 7. The lowest BCUT2D eigenvalue weighted by atomic mass is 9.86. The fraction of sp³-hybridized carbons (Fsp3) is 0.478. The van der Waals surface area contributed by atoms with Crippen molar-refractivity contribution < 1.29 is 28.1 Å². The first kappa shape index (κ1) is 21.2. The lowest BCUT2D eigenvalue weighted by molar-refractivity contribution is -0.180. The summed E-state index contributed by atoms with van der Waals surface area (Å²) in [7, 11) is -0.415. The van der Waals surface area contributed by atoms with E-state index >= 15 is 0 Å². The number of hydrogen-bond donors (Lipinski definition) is 0. The van der Waals surface area contributed by atoms with Crippen molar-refractivity contribution >= 4 is 14.2 Å². The second kappa shape index (κ2) is 9.45. The zero-order valence-electron chi connectivity index (χ0n) is 18.0. The van der Waals surface area contributed by atoms with Crippen LogP contribution >= 0.6 is 0 Å². The van der Waals surface area contributed by atoms with Gasteiger partial charge in [-0.1, -0.05) is 68.4 Å². The highest BCUT2D eigenvalue weighted by Crippen LogP contribution is 2.38. The van der Waals surface area contributed by atoms with Crippen LogP contribution in [0.2, 0.25) is 12.6 Å². The van der Waals surface area contributed by atoms with Crippen LogP contribution in [0.1, 0.15) is 19.4 Å². The van der Waals surface area contributed by atoms with Gasteiger partial charge >= 0.3 is 14.2 Å². The Hall–Kier alpha value is -1.67. The van der Waals surface area contributed by atoms with Crippen molar-refractivity contribution in [2.45, 2.75) is 63.8 Å². The molecule has 3 aliphatic rings. The lowest BCUT2D eigenvalue weighted by Gasteiger charge is -2.23. The largest absolute Gasteiger partial charge is 0.457 e. The second-order valence-corrected chi connectivity index (χ2v) is 8.23. The summed E-state index contributed by atoms with van der Waals surface area (Å²) in [5.74, 6) is 0. The third-order valence-electron chi connectivity index (χ3n) is 6.11. The van der Waals surface area contributed by atoms with E-state index in [-0.39, 0.29) is 38.7 Å². The van der Waals surface area contributed by atoms with Gasteiger partial charge in [-0.05, 0) is 29.3 Å². The molecule has 2 aromatic rings. The van der Waals surface area contributed by atoms with Crippen LogP contribution in [0, 0.1) is 0 Å². The molecule has 162 valence electrons. The molecule has 0 aliphatic carbocycles. The van der Waals surface area contributed by atoms with Crippen LogP contribution < -0.4 is 0 Å². The minimum atomic E-state index is -0.496. The zero-order valence-corrected chi connectivity index (χ0v) is 18.0. The van der Waals surface area contributed by atoms with Gasteiger partial charge in [0.05, 0.1) is 19.3 Å². The number of benzene rings is 2. The Morgan fingerprint density at radius 1 is 0.806 bits per heavy atom. The van der Waals surface area contributed by atoms with Crippen LogP contribution in [-0.2, 0) is 34.7 Å². The van der Waals surface area contributed by atoms with Crippen molar-refractivity contribution in [1.82, 2.24) is 0 Å². The Morgan fingerprint density at radius 3 is 2.23 bits per heavy atom. The monoisotopic (exact) mass is 422 g/mol. The Morgan fingerprint density at radius 2 is 1.52 bits per heavy atom. The summed E-state index contributed by atoms with van der Waals surface area (Å²) in [5, 5.41) is 0. The highest BCUT2D eigenvalue weighted by Gasteiger charge is 2.57. The molecule has 5 unspecified atom stereocenters. The van der Waals surface area contributed by atoms with Gasteiger partial charge in [0, 0.05) is 0 Å². The van der Waals surface area contributed by atoms with E-state index in [2.05, 4.69) is 36.4 Å². The van der Waals surface area contributed by atoms with Gasteiger partial charge in [-0.2, -0.15) is 0 Å². The van der Waals surface area contributed by atoms with Gasteiger partial charge in [-0.25, -0.2) is 0 Å². The molecule has 0 spiro atoms. The smallest absolute Gasteiger partial charge is 0.408 e. The van der Waals surface area contributed by atoms with Gasteiger partial charge in [0.2, 0.25) is 0 Å². The van der Waals surface area contributed by atoms with Crippen LogP contribution in [0.5, 0.6) is 0 Å². The molecule has 0 radical (unpaired) electrons. The molecular formula is C23H28B2O6. The summed E-state index contributed by atoms with van der Waals surface area (Å²) in [6, 6.07) is 18.8. The topological polar surface area (TPSA) is 55.4 Å². The summed E-state index contributed by atoms with van der Waals surface area (Å²) in [5.41, 5.74) is 3.47. The van der Waals surface area contributed by atoms with Crippen LogP contribution in [-0.4, -0.2) is 51.5 Å². The molecule has 3 fully saturated rings. The van der Waals surface area contributed by atoms with E-state index in [4.69, 9.17) is 28.1 Å². The summed E-state index contributed by atoms with van der Waals surface area (Å²) in [6.45, 7) is 5.03. The third-order valence-corrected chi connectivity index (χ3v) is 6.11. The van der Waals surface area contributed by atoms with E-state index in [9.17, 15) is 0 Å². The van der Waals surface area contributed by atoms with E-state index in [1.165, 1.54) is 11.1 Å². The van der Waals surface area contributed by atoms with Crippen molar-refractivity contribution in [3.05, 3.63) is 60.2 Å². The maximum absolute atomic E-state index is 6.24. The Balaban J connectivity index is 1.23. The van der Waals surface area contributed by atoms with Crippen LogP contribution in [0.25, 0.3) is 11.1 Å². The molecule has 31 heavy (non-hydrogen) atoms. The van der Waals surface area contributed by atoms with Crippen molar-refractivity contribution in [2.24, 2.45) is 0 Å². The first-order valence-electron chi connectivity index (χ1n) is 11.2. The predicted molar refractivity (Wildman–Crippen MR) is 118 cm³/mol. The number of fused-ring (bicyclic) bond motifs is 1. The number of hydrogen-bond acceptors (Lipinski definition) is 6. The quantitative estimate of drug-likeness (QED) is 0.633. The Bertz CT molecular complexity index is 851. The maximum Gasteiger partial charge on any atom is 0.457 e. The molecule has 0 N–H and O–H groups in total. The summed E-state index contributed by atoms with van der Waals surface area (Å²) in [4.78, 5) is 0. The zero-order chi connectivity index (χ0) is 21.2. The highest BCUT2D eigenvalue weighted by atomic mass is 16.8. The molecule has 0 amide bonds. The average Bonchev–Trinajstić information content (AvgIpc) is 3.54. The summed E-state index contributed by atoms with van der Waals surface area (Å²) < 4.78 is 36.3. The van der Waals surface area contributed by atoms with E-state index in [0.717, 1.165) is 18.2 Å². The summed E-state index contributed by atoms with van der Waals surface area (Å²) in [6.07, 6.45) is 0.198. The minimum Gasteiger partial charge on any atom is -0.408 e. The van der Waals surface area contributed by atoms with Crippen molar-refractivity contribution in [2.75, 3.05) is 6.61 Å². The first-order valence-corrected chi connectivity index (χ1v) is 11.2. The van der Waals surface area contributed by atoms with Crippen LogP contribution in [0.15, 0.2) is 54.6 Å². The minimum absolute atomic E-state index is 0.171. The maximum atomic E-state index is 6.24. The molecule has 0 aromatic heterocycles. The lowest BCUT2D eigenvalue weighted by Crippen LogP contribution is -2.39. The number of ether oxygens (including phenoxy) is 2. The molecule has 8 heteroatoms. The van der Waals surface area contributed by atoms with Crippen LogP contribution in [0.3, 0.4) is 0 Å². The van der Waals surface area contributed by atoms with E-state index < -0.39 is 6.29 Å². The van der Waals surface area contributed by atoms with Crippen molar-refractivity contribution in [3.8, 4) is 11.1 Å². The molecule has 2 aromatic carbocycles. The van der Waals surface area contributed by atoms with Crippen molar-refractivity contribution in [3.63, 3.8) is 0 Å². The molecule has 5 rings (SSSR count). The molecule has 5 atom stereocenters. The Kier molecular flexibility index (Phi) is 6.46.